The number of nitrogens with one attached hydrogen (secondary N) is 1. The topological polar surface area (TPSA) is 67.2 Å². The highest BCUT2D eigenvalue weighted by Gasteiger charge is 2.23. The van der Waals surface area contributed by atoms with Gasteiger partial charge in [0.25, 0.3) is 0 Å². The van der Waals surface area contributed by atoms with Crippen molar-refractivity contribution >= 4 is 22.8 Å². The van der Waals surface area contributed by atoms with E-state index >= 15 is 0 Å². The third kappa shape index (κ3) is 7.19. The van der Waals surface area contributed by atoms with Gasteiger partial charge in [0.2, 0.25) is 11.8 Å². The summed E-state index contributed by atoms with van der Waals surface area (Å²) in [6.45, 7) is 1.05. The Morgan fingerprint density at radius 3 is 2.50 bits per heavy atom. The molecular weight excluding hydrogens is 448 g/mol. The van der Waals surface area contributed by atoms with Gasteiger partial charge in [0.05, 0.1) is 11.0 Å². The number of fused-ring (bicyclic) bond motifs is 1. The number of aromatic nitrogens is 2. The molecule has 4 rings (SSSR count). The highest BCUT2D eigenvalue weighted by Crippen LogP contribution is 2.23. The van der Waals surface area contributed by atoms with Crippen LogP contribution in [0.3, 0.4) is 0 Å². The molecule has 36 heavy (non-hydrogen) atoms. The van der Waals surface area contributed by atoms with Gasteiger partial charge in [-0.15, -0.1) is 0 Å². The third-order valence-electron chi connectivity index (χ3n) is 7.43. The number of aryl methyl sites for hydroxylation is 2. The summed E-state index contributed by atoms with van der Waals surface area (Å²) in [6, 6.07) is 18.6. The number of benzene rings is 2. The summed E-state index contributed by atoms with van der Waals surface area (Å²) in [5, 5.41) is 3.04. The number of imidazole rings is 1. The number of para-hydroxylation sites is 2. The zero-order chi connectivity index (χ0) is 25.2. The van der Waals surface area contributed by atoms with Crippen molar-refractivity contribution in [3.05, 3.63) is 66.0 Å². The van der Waals surface area contributed by atoms with Crippen LogP contribution >= 0.6 is 0 Å². The maximum atomic E-state index is 13.2. The molecule has 0 radical (unpaired) electrons. The Morgan fingerprint density at radius 1 is 0.944 bits per heavy atom. The van der Waals surface area contributed by atoms with Crippen molar-refractivity contribution in [1.82, 2.24) is 19.8 Å². The van der Waals surface area contributed by atoms with E-state index in [1.807, 2.05) is 48.3 Å². The molecule has 1 saturated carbocycles. The van der Waals surface area contributed by atoms with Crippen LogP contribution in [0.15, 0.2) is 54.6 Å². The van der Waals surface area contributed by atoms with Gasteiger partial charge in [0.1, 0.15) is 12.4 Å². The highest BCUT2D eigenvalue weighted by atomic mass is 16.2. The number of hydrogen-bond donors (Lipinski definition) is 1. The van der Waals surface area contributed by atoms with Crippen molar-refractivity contribution in [3.63, 3.8) is 0 Å². The molecule has 1 N–H and O–H groups in total. The molecule has 1 aliphatic rings. The molecule has 0 aliphatic heterocycles. The van der Waals surface area contributed by atoms with E-state index in [-0.39, 0.29) is 11.8 Å². The Hall–Kier alpha value is -3.15. The van der Waals surface area contributed by atoms with E-state index in [1.165, 1.54) is 24.8 Å². The summed E-state index contributed by atoms with van der Waals surface area (Å²) < 4.78 is 2.11. The lowest BCUT2D eigenvalue weighted by atomic mass is 9.94. The van der Waals surface area contributed by atoms with Crippen LogP contribution in [0.1, 0.15) is 69.2 Å². The first-order valence-corrected chi connectivity index (χ1v) is 13.6. The van der Waals surface area contributed by atoms with E-state index in [4.69, 9.17) is 4.98 Å². The van der Waals surface area contributed by atoms with Crippen LogP contribution in [-0.4, -0.2) is 45.9 Å². The molecule has 0 saturated heterocycles. The molecule has 0 spiro atoms. The molecule has 192 valence electrons. The lowest BCUT2D eigenvalue weighted by Crippen LogP contribution is -2.40. The van der Waals surface area contributed by atoms with Crippen LogP contribution in [0, 0.1) is 0 Å². The molecule has 2 amide bonds. The molecule has 6 nitrogen and oxygen atoms in total. The second-order valence-electron chi connectivity index (χ2n) is 10.0. The molecule has 0 atom stereocenters. The number of nitrogens with zero attached hydrogens (tertiary/aromatic N) is 3. The Bertz CT molecular complexity index is 1120. The van der Waals surface area contributed by atoms with Crippen LogP contribution in [0.25, 0.3) is 11.0 Å². The van der Waals surface area contributed by atoms with Gasteiger partial charge in [-0.25, -0.2) is 4.98 Å². The number of carbonyl (C=O) groups is 2. The first-order chi connectivity index (χ1) is 17.6. The van der Waals surface area contributed by atoms with E-state index in [2.05, 4.69) is 28.1 Å². The van der Waals surface area contributed by atoms with E-state index in [9.17, 15) is 9.59 Å². The SMILES string of the molecule is CN(C(=O)Cn1c(CCCCCNC(=O)CCc2ccccc2)nc2ccccc21)C1CCCCC1. The maximum absolute atomic E-state index is 13.2. The van der Waals surface area contributed by atoms with Crippen molar-refractivity contribution in [2.24, 2.45) is 0 Å². The number of unbranched alkanes of at least 4 members (excludes halogenated alkanes) is 2. The number of likely N-dealkylation sites (N-methyl/N-ethyl adjacent to an activating group) is 1. The van der Waals surface area contributed by atoms with Crippen LogP contribution in [0.2, 0.25) is 0 Å². The van der Waals surface area contributed by atoms with Gasteiger partial charge in [0.15, 0.2) is 0 Å². The molecule has 1 heterocycles. The molecule has 0 unspecified atom stereocenters. The van der Waals surface area contributed by atoms with Crippen LogP contribution in [0.5, 0.6) is 0 Å². The normalized spacial score (nSPS) is 14.1. The lowest BCUT2D eigenvalue weighted by molar-refractivity contribution is -0.133. The zero-order valence-corrected chi connectivity index (χ0v) is 21.6. The Morgan fingerprint density at radius 2 is 1.69 bits per heavy atom. The van der Waals surface area contributed by atoms with Crippen molar-refractivity contribution in [3.8, 4) is 0 Å². The van der Waals surface area contributed by atoms with E-state index in [0.717, 1.165) is 61.8 Å². The third-order valence-corrected chi connectivity index (χ3v) is 7.43. The second kappa shape index (κ2) is 13.2. The first-order valence-electron chi connectivity index (χ1n) is 13.6. The smallest absolute Gasteiger partial charge is 0.242 e. The summed E-state index contributed by atoms with van der Waals surface area (Å²) in [7, 11) is 1.96. The zero-order valence-electron chi connectivity index (χ0n) is 21.6. The maximum Gasteiger partial charge on any atom is 0.242 e. The Labute approximate surface area is 215 Å². The monoisotopic (exact) mass is 488 g/mol. The summed E-state index contributed by atoms with van der Waals surface area (Å²) in [4.78, 5) is 32.1. The molecule has 2 aromatic carbocycles. The van der Waals surface area contributed by atoms with Crippen molar-refractivity contribution in [2.45, 2.75) is 83.2 Å². The predicted molar refractivity (Wildman–Crippen MR) is 145 cm³/mol. The standard InChI is InChI=1S/C30H40N4O2/c1-33(25-15-7-3-8-16-25)30(36)23-34-27-18-11-10-17-26(27)32-28(34)19-9-4-12-22-31-29(35)21-20-24-13-5-2-6-14-24/h2,5-6,10-11,13-14,17-18,25H,3-4,7-9,12,15-16,19-23H2,1H3,(H,31,35). The largest absolute Gasteiger partial charge is 0.356 e. The van der Waals surface area contributed by atoms with Crippen molar-refractivity contribution in [2.75, 3.05) is 13.6 Å². The van der Waals surface area contributed by atoms with Crippen molar-refractivity contribution < 1.29 is 9.59 Å². The van der Waals surface area contributed by atoms with Crippen LogP contribution in [0.4, 0.5) is 0 Å². The average Bonchev–Trinajstić information content (AvgIpc) is 3.27. The fourth-order valence-electron chi connectivity index (χ4n) is 5.22. The number of hydrogen-bond acceptors (Lipinski definition) is 3. The minimum atomic E-state index is 0.112. The molecule has 1 aromatic heterocycles. The van der Waals surface area contributed by atoms with E-state index in [0.29, 0.717) is 25.6 Å². The van der Waals surface area contributed by atoms with Gasteiger partial charge in [-0.05, 0) is 49.8 Å². The number of amides is 2. The quantitative estimate of drug-likeness (QED) is 0.352. The summed E-state index contributed by atoms with van der Waals surface area (Å²) in [5.41, 5.74) is 3.17. The predicted octanol–water partition coefficient (Wildman–Crippen LogP) is 5.29. The van der Waals surface area contributed by atoms with Gasteiger partial charge in [0, 0.05) is 32.5 Å². The van der Waals surface area contributed by atoms with E-state index in [1.54, 1.807) is 0 Å². The Kier molecular flexibility index (Phi) is 9.54. The fourth-order valence-corrected chi connectivity index (χ4v) is 5.22. The molecule has 0 bridgehead atoms. The lowest BCUT2D eigenvalue weighted by Gasteiger charge is -2.31. The minimum absolute atomic E-state index is 0.112. The number of rotatable bonds is 12. The fraction of sp³-hybridized carbons (Fsp3) is 0.500. The van der Waals surface area contributed by atoms with E-state index < -0.39 is 0 Å². The van der Waals surface area contributed by atoms with Crippen LogP contribution in [-0.2, 0) is 29.0 Å². The van der Waals surface area contributed by atoms with Gasteiger partial charge < -0.3 is 14.8 Å². The summed E-state index contributed by atoms with van der Waals surface area (Å²) in [5.74, 6) is 1.26. The first kappa shape index (κ1) is 25.9. The summed E-state index contributed by atoms with van der Waals surface area (Å²) in [6.07, 6.45) is 11.0. The molecule has 1 aliphatic carbocycles. The minimum Gasteiger partial charge on any atom is -0.356 e. The molecule has 6 heteroatoms. The van der Waals surface area contributed by atoms with Crippen molar-refractivity contribution in [1.29, 1.82) is 0 Å². The van der Waals surface area contributed by atoms with Gasteiger partial charge in [-0.1, -0.05) is 68.1 Å². The highest BCUT2D eigenvalue weighted by molar-refractivity contribution is 5.81. The molecule has 3 aromatic rings. The van der Waals surface area contributed by atoms with Crippen LogP contribution < -0.4 is 5.32 Å². The second-order valence-corrected chi connectivity index (χ2v) is 10.0. The Balaban J connectivity index is 1.24. The molecule has 1 fully saturated rings. The average molecular weight is 489 g/mol. The summed E-state index contributed by atoms with van der Waals surface area (Å²) >= 11 is 0. The molecular formula is C30H40N4O2. The number of carbonyl (C=O) groups excluding carboxylic acids is 2. The van der Waals surface area contributed by atoms with Gasteiger partial charge in [-0.2, -0.15) is 0 Å². The van der Waals surface area contributed by atoms with Gasteiger partial charge in [-0.3, -0.25) is 9.59 Å². The van der Waals surface area contributed by atoms with Gasteiger partial charge >= 0.3 is 0 Å².